The molecule has 1 aliphatic rings. The summed E-state index contributed by atoms with van der Waals surface area (Å²) in [5.41, 5.74) is 6.99. The maximum absolute atomic E-state index is 11.5. The number of nitrogens with one attached hydrogen (secondary N) is 1. The molecule has 0 spiro atoms. The first-order valence-electron chi connectivity index (χ1n) is 6.47. The van der Waals surface area contributed by atoms with Gasteiger partial charge in [0.15, 0.2) is 0 Å². The third kappa shape index (κ3) is 4.15. The Morgan fingerprint density at radius 3 is 2.60 bits per heavy atom. The molecule has 0 aliphatic carbocycles. The lowest BCUT2D eigenvalue weighted by Crippen LogP contribution is -2.40. The summed E-state index contributed by atoms with van der Waals surface area (Å²) in [5.74, 6) is -0.435. The van der Waals surface area contributed by atoms with Crippen LogP contribution in [0.15, 0.2) is 36.2 Å². The summed E-state index contributed by atoms with van der Waals surface area (Å²) >= 11 is 5.83. The van der Waals surface area contributed by atoms with Crippen molar-refractivity contribution in [1.29, 1.82) is 0 Å². The molecule has 0 bridgehead atoms. The van der Waals surface area contributed by atoms with Gasteiger partial charge in [-0.1, -0.05) is 23.7 Å². The number of nitrogens with two attached hydrogens (primary N) is 1. The summed E-state index contributed by atoms with van der Waals surface area (Å²) in [4.78, 5) is 13.4. The fourth-order valence-corrected chi connectivity index (χ4v) is 2.12. The van der Waals surface area contributed by atoms with Gasteiger partial charge < -0.3 is 20.7 Å². The lowest BCUT2D eigenvalue weighted by molar-refractivity contribution is -0.116. The molecule has 0 saturated carbocycles. The molecule has 1 aromatic rings. The van der Waals surface area contributed by atoms with E-state index in [1.165, 1.54) is 0 Å². The van der Waals surface area contributed by atoms with E-state index in [2.05, 4.69) is 5.32 Å². The van der Waals surface area contributed by atoms with Crippen LogP contribution in [0.25, 0.3) is 0 Å². The minimum Gasteiger partial charge on any atom is -0.385 e. The molecular weight excluding hydrogens is 278 g/mol. The monoisotopic (exact) mass is 295 g/mol. The van der Waals surface area contributed by atoms with Crippen molar-refractivity contribution in [1.82, 2.24) is 10.2 Å². The Labute approximate surface area is 123 Å². The Balaban J connectivity index is 1.95. The number of rotatable bonds is 5. The number of halogens is 1. The molecule has 6 heteroatoms. The minimum atomic E-state index is -0.435. The molecule has 0 atom stereocenters. The molecule has 1 aromatic carbocycles. The largest absolute Gasteiger partial charge is 0.385 e. The van der Waals surface area contributed by atoms with Gasteiger partial charge in [-0.05, 0) is 17.7 Å². The van der Waals surface area contributed by atoms with Gasteiger partial charge in [0.05, 0.1) is 13.2 Å². The van der Waals surface area contributed by atoms with Crippen molar-refractivity contribution < 1.29 is 9.53 Å². The van der Waals surface area contributed by atoms with E-state index in [0.717, 1.165) is 5.56 Å². The minimum absolute atomic E-state index is 0.435. The molecule has 1 saturated heterocycles. The number of carbonyl (C=O) groups is 1. The van der Waals surface area contributed by atoms with Crippen molar-refractivity contribution in [2.24, 2.45) is 5.73 Å². The van der Waals surface area contributed by atoms with Gasteiger partial charge in [-0.3, -0.25) is 4.79 Å². The second-order valence-corrected chi connectivity index (χ2v) is 4.94. The predicted octanol–water partition coefficient (Wildman–Crippen LogP) is 1.09. The van der Waals surface area contributed by atoms with Crippen LogP contribution in [0, 0.1) is 0 Å². The van der Waals surface area contributed by atoms with Crippen LogP contribution in [0.5, 0.6) is 0 Å². The molecule has 1 aliphatic heterocycles. The van der Waals surface area contributed by atoms with Crippen LogP contribution >= 0.6 is 11.6 Å². The van der Waals surface area contributed by atoms with Crippen LogP contribution < -0.4 is 11.1 Å². The highest BCUT2D eigenvalue weighted by Crippen LogP contribution is 2.10. The second-order valence-electron chi connectivity index (χ2n) is 4.50. The number of ether oxygens (including phenoxy) is 1. The smallest absolute Gasteiger partial charge is 0.266 e. The molecule has 2 rings (SSSR count). The first-order chi connectivity index (χ1) is 9.66. The number of hydrogen-bond acceptors (Lipinski definition) is 4. The average Bonchev–Trinajstić information content (AvgIpc) is 2.46. The SMILES string of the molecule is NC(=O)/C(=C\NCc1ccc(Cl)cc1)N1CCOCC1. The van der Waals surface area contributed by atoms with Gasteiger partial charge in [-0.25, -0.2) is 0 Å². The number of primary amides is 1. The highest BCUT2D eigenvalue weighted by Gasteiger charge is 2.17. The fraction of sp³-hybridized carbons (Fsp3) is 0.357. The van der Waals surface area contributed by atoms with Crippen LogP contribution in [-0.4, -0.2) is 37.1 Å². The van der Waals surface area contributed by atoms with Crippen molar-refractivity contribution in [3.63, 3.8) is 0 Å². The summed E-state index contributed by atoms with van der Waals surface area (Å²) in [7, 11) is 0. The number of amides is 1. The van der Waals surface area contributed by atoms with Gasteiger partial charge in [-0.15, -0.1) is 0 Å². The molecule has 5 nitrogen and oxygen atoms in total. The first-order valence-corrected chi connectivity index (χ1v) is 6.85. The molecule has 108 valence electrons. The Bertz CT molecular complexity index is 482. The standard InChI is InChI=1S/C14H18ClN3O2/c15-12-3-1-11(2-4-12)9-17-10-13(14(16)19)18-5-7-20-8-6-18/h1-4,10,17H,5-9H2,(H2,16,19)/b13-10+. The zero-order chi connectivity index (χ0) is 14.4. The zero-order valence-corrected chi connectivity index (χ0v) is 11.9. The van der Waals surface area contributed by atoms with Crippen LogP contribution in [0.3, 0.4) is 0 Å². The van der Waals surface area contributed by atoms with Gasteiger partial charge in [0, 0.05) is 30.9 Å². The number of carbonyl (C=O) groups excluding carboxylic acids is 1. The van der Waals surface area contributed by atoms with E-state index < -0.39 is 5.91 Å². The van der Waals surface area contributed by atoms with E-state index in [-0.39, 0.29) is 0 Å². The van der Waals surface area contributed by atoms with Crippen LogP contribution in [-0.2, 0) is 16.1 Å². The Kier molecular flexibility index (Phi) is 5.26. The van der Waals surface area contributed by atoms with E-state index in [1.807, 2.05) is 29.2 Å². The van der Waals surface area contributed by atoms with Crippen LogP contribution in [0.2, 0.25) is 5.02 Å². The number of benzene rings is 1. The summed E-state index contributed by atoms with van der Waals surface area (Å²) in [5, 5.41) is 3.82. The van der Waals surface area contributed by atoms with Crippen molar-refractivity contribution >= 4 is 17.5 Å². The predicted molar refractivity (Wildman–Crippen MR) is 78.0 cm³/mol. The van der Waals surface area contributed by atoms with Crippen molar-refractivity contribution in [3.05, 3.63) is 46.7 Å². The summed E-state index contributed by atoms with van der Waals surface area (Å²) < 4.78 is 5.26. The Hall–Kier alpha value is -1.72. The molecule has 3 N–H and O–H groups in total. The maximum Gasteiger partial charge on any atom is 0.266 e. The zero-order valence-electron chi connectivity index (χ0n) is 11.1. The van der Waals surface area contributed by atoms with Gasteiger partial charge in [0.2, 0.25) is 0 Å². The molecular formula is C14H18ClN3O2. The maximum atomic E-state index is 11.5. The Morgan fingerprint density at radius 1 is 1.35 bits per heavy atom. The normalized spacial score (nSPS) is 16.1. The fourth-order valence-electron chi connectivity index (χ4n) is 1.99. The van der Waals surface area contributed by atoms with Crippen LogP contribution in [0.4, 0.5) is 0 Å². The van der Waals surface area contributed by atoms with Crippen LogP contribution in [0.1, 0.15) is 5.56 Å². The van der Waals surface area contributed by atoms with E-state index in [1.54, 1.807) is 6.20 Å². The molecule has 1 amide bonds. The van der Waals surface area contributed by atoms with Gasteiger partial charge in [0.25, 0.3) is 5.91 Å². The second kappa shape index (κ2) is 7.17. The third-order valence-corrected chi connectivity index (χ3v) is 3.31. The number of nitrogens with zero attached hydrogens (tertiary/aromatic N) is 1. The summed E-state index contributed by atoms with van der Waals surface area (Å²) in [6.45, 7) is 3.19. The number of hydrogen-bond donors (Lipinski definition) is 2. The van der Waals surface area contributed by atoms with E-state index in [9.17, 15) is 4.79 Å². The van der Waals surface area contributed by atoms with Gasteiger partial charge in [0.1, 0.15) is 5.70 Å². The topological polar surface area (TPSA) is 67.6 Å². The molecule has 20 heavy (non-hydrogen) atoms. The molecule has 0 unspecified atom stereocenters. The number of morpholine rings is 1. The summed E-state index contributed by atoms with van der Waals surface area (Å²) in [6, 6.07) is 7.53. The molecule has 1 fully saturated rings. The van der Waals surface area contributed by atoms with E-state index >= 15 is 0 Å². The van der Waals surface area contributed by atoms with Gasteiger partial charge >= 0.3 is 0 Å². The van der Waals surface area contributed by atoms with Gasteiger partial charge in [-0.2, -0.15) is 0 Å². The highest BCUT2D eigenvalue weighted by molar-refractivity contribution is 6.30. The highest BCUT2D eigenvalue weighted by atomic mass is 35.5. The van der Waals surface area contributed by atoms with Crippen molar-refractivity contribution in [3.8, 4) is 0 Å². The molecule has 0 aromatic heterocycles. The third-order valence-electron chi connectivity index (χ3n) is 3.06. The molecule has 1 heterocycles. The van der Waals surface area contributed by atoms with Crippen molar-refractivity contribution in [2.75, 3.05) is 26.3 Å². The van der Waals surface area contributed by atoms with E-state index in [4.69, 9.17) is 22.1 Å². The van der Waals surface area contributed by atoms with Crippen molar-refractivity contribution in [2.45, 2.75) is 6.54 Å². The first kappa shape index (κ1) is 14.7. The lowest BCUT2D eigenvalue weighted by Gasteiger charge is -2.29. The quantitative estimate of drug-likeness (QED) is 0.798. The lowest BCUT2D eigenvalue weighted by atomic mass is 10.2. The Morgan fingerprint density at radius 2 is 2.00 bits per heavy atom. The summed E-state index contributed by atoms with van der Waals surface area (Å²) in [6.07, 6.45) is 1.67. The van der Waals surface area contributed by atoms with E-state index in [0.29, 0.717) is 43.6 Å². The molecule has 0 radical (unpaired) electrons. The average molecular weight is 296 g/mol.